The van der Waals surface area contributed by atoms with Gasteiger partial charge in [-0.3, -0.25) is 5.10 Å². The fourth-order valence-electron chi connectivity index (χ4n) is 2.51. The van der Waals surface area contributed by atoms with Gasteiger partial charge in [0.1, 0.15) is 5.75 Å². The number of benzene rings is 1. The fraction of sp³-hybridized carbons (Fsp3) is 0.167. The van der Waals surface area contributed by atoms with Crippen LogP contribution in [0.1, 0.15) is 6.42 Å². The van der Waals surface area contributed by atoms with Gasteiger partial charge in [0.25, 0.3) is 5.88 Å². The molecular weight excluding hydrogens is 365 g/mol. The van der Waals surface area contributed by atoms with Crippen molar-refractivity contribution >= 4 is 0 Å². The average Bonchev–Trinajstić information content (AvgIpc) is 3.41. The topological polar surface area (TPSA) is 115 Å². The van der Waals surface area contributed by atoms with Crippen LogP contribution in [0.25, 0.3) is 22.6 Å². The molecule has 0 amide bonds. The maximum absolute atomic E-state index is 14.3. The first-order valence-electron chi connectivity index (χ1n) is 8.55. The molecule has 28 heavy (non-hydrogen) atoms. The monoisotopic (exact) mass is 381 g/mol. The molecule has 0 atom stereocenters. The van der Waals surface area contributed by atoms with E-state index in [4.69, 9.17) is 9.84 Å². The number of aliphatic hydroxyl groups is 1. The second kappa shape index (κ2) is 7.92. The van der Waals surface area contributed by atoms with Crippen LogP contribution in [0.3, 0.4) is 0 Å². The van der Waals surface area contributed by atoms with Gasteiger partial charge in [0.2, 0.25) is 5.82 Å². The van der Waals surface area contributed by atoms with Crippen LogP contribution < -0.4 is 4.74 Å². The largest absolute Gasteiger partial charge is 0.436 e. The third-order valence-corrected chi connectivity index (χ3v) is 3.92. The van der Waals surface area contributed by atoms with Crippen LogP contribution in [0.2, 0.25) is 0 Å². The standard InChI is InChI=1S/C18H16FN7O2/c19-15-10-13(16-6-7-21-22-16)11-20-18(15)28-14-4-2-12(3-5-14)17-23-25-26(24-17)8-1-9-27/h2-7,10-11,27H,1,8-9H2,(H,21,22). The summed E-state index contributed by atoms with van der Waals surface area (Å²) in [5.41, 5.74) is 1.99. The first-order valence-corrected chi connectivity index (χ1v) is 8.55. The van der Waals surface area contributed by atoms with Gasteiger partial charge < -0.3 is 9.84 Å². The lowest BCUT2D eigenvalue weighted by atomic mass is 10.2. The third kappa shape index (κ3) is 3.86. The Bertz CT molecular complexity index is 1050. The highest BCUT2D eigenvalue weighted by atomic mass is 19.1. The number of hydrogen-bond acceptors (Lipinski definition) is 7. The Morgan fingerprint density at radius 1 is 1.14 bits per heavy atom. The summed E-state index contributed by atoms with van der Waals surface area (Å²) >= 11 is 0. The van der Waals surface area contributed by atoms with Crippen LogP contribution >= 0.6 is 0 Å². The van der Waals surface area contributed by atoms with Gasteiger partial charge in [-0.15, -0.1) is 10.2 Å². The van der Waals surface area contributed by atoms with Crippen molar-refractivity contribution in [2.24, 2.45) is 0 Å². The number of aromatic nitrogens is 7. The number of aliphatic hydroxyl groups excluding tert-OH is 1. The van der Waals surface area contributed by atoms with Gasteiger partial charge in [-0.1, -0.05) is 0 Å². The molecule has 0 radical (unpaired) electrons. The predicted molar refractivity (Wildman–Crippen MR) is 96.8 cm³/mol. The molecule has 0 saturated carbocycles. The van der Waals surface area contributed by atoms with Crippen molar-refractivity contribution in [3.63, 3.8) is 0 Å². The highest BCUT2D eigenvalue weighted by Crippen LogP contribution is 2.27. The van der Waals surface area contributed by atoms with Crippen molar-refractivity contribution in [1.82, 2.24) is 35.4 Å². The van der Waals surface area contributed by atoms with E-state index >= 15 is 0 Å². The minimum atomic E-state index is -0.579. The van der Waals surface area contributed by atoms with E-state index in [2.05, 4.69) is 30.6 Å². The number of hydrogen-bond donors (Lipinski definition) is 2. The lowest BCUT2D eigenvalue weighted by Crippen LogP contribution is -2.04. The zero-order valence-corrected chi connectivity index (χ0v) is 14.7. The number of aromatic amines is 1. The van der Waals surface area contributed by atoms with Gasteiger partial charge in [-0.2, -0.15) is 9.90 Å². The van der Waals surface area contributed by atoms with Gasteiger partial charge >= 0.3 is 0 Å². The minimum Gasteiger partial charge on any atom is -0.436 e. The Morgan fingerprint density at radius 3 is 2.71 bits per heavy atom. The van der Waals surface area contributed by atoms with E-state index in [0.717, 1.165) is 5.56 Å². The third-order valence-electron chi connectivity index (χ3n) is 3.92. The smallest absolute Gasteiger partial charge is 0.255 e. The predicted octanol–water partition coefficient (Wildman–Crippen LogP) is 2.44. The van der Waals surface area contributed by atoms with Crippen LogP contribution in [0.4, 0.5) is 4.39 Å². The number of aryl methyl sites for hydroxylation is 1. The summed E-state index contributed by atoms with van der Waals surface area (Å²) in [6.07, 6.45) is 3.65. The molecule has 0 aliphatic heterocycles. The molecule has 0 bridgehead atoms. The zero-order valence-electron chi connectivity index (χ0n) is 14.7. The number of rotatable bonds is 7. The lowest BCUT2D eigenvalue weighted by Gasteiger charge is -2.07. The van der Waals surface area contributed by atoms with Crippen LogP contribution in [-0.4, -0.2) is 47.1 Å². The number of pyridine rings is 1. The maximum Gasteiger partial charge on any atom is 0.255 e. The van der Waals surface area contributed by atoms with E-state index in [9.17, 15) is 4.39 Å². The number of ether oxygens (including phenoxy) is 1. The van der Waals surface area contributed by atoms with Crippen molar-refractivity contribution < 1.29 is 14.2 Å². The Labute approximate surface area is 158 Å². The number of tetrazole rings is 1. The second-order valence-electron chi connectivity index (χ2n) is 5.89. The summed E-state index contributed by atoms with van der Waals surface area (Å²) < 4.78 is 19.8. The SMILES string of the molecule is OCCCn1nnc(-c2ccc(Oc3ncc(-c4ccn[nH]4)cc3F)cc2)n1. The van der Waals surface area contributed by atoms with Crippen LogP contribution in [0.15, 0.2) is 48.8 Å². The number of nitrogens with one attached hydrogen (secondary N) is 1. The molecule has 142 valence electrons. The molecule has 9 nitrogen and oxygen atoms in total. The van der Waals surface area contributed by atoms with E-state index in [0.29, 0.717) is 35.8 Å². The summed E-state index contributed by atoms with van der Waals surface area (Å²) in [6, 6.07) is 9.91. The minimum absolute atomic E-state index is 0.0658. The molecule has 0 fully saturated rings. The van der Waals surface area contributed by atoms with E-state index in [-0.39, 0.29) is 12.5 Å². The highest BCUT2D eigenvalue weighted by molar-refractivity contribution is 5.58. The molecule has 0 aliphatic carbocycles. The Hall–Kier alpha value is -3.66. The van der Waals surface area contributed by atoms with Crippen LogP contribution in [0, 0.1) is 5.82 Å². The molecule has 0 spiro atoms. The molecule has 0 aliphatic rings. The quantitative estimate of drug-likeness (QED) is 0.505. The van der Waals surface area contributed by atoms with E-state index in [1.54, 1.807) is 36.5 Å². The molecule has 1 aromatic carbocycles. The van der Waals surface area contributed by atoms with Crippen molar-refractivity contribution in [3.05, 3.63) is 54.6 Å². The fourth-order valence-corrected chi connectivity index (χ4v) is 2.51. The van der Waals surface area contributed by atoms with Gasteiger partial charge in [0.15, 0.2) is 5.82 Å². The molecule has 10 heteroatoms. The van der Waals surface area contributed by atoms with Crippen LogP contribution in [-0.2, 0) is 6.54 Å². The first-order chi connectivity index (χ1) is 13.7. The van der Waals surface area contributed by atoms with Crippen molar-refractivity contribution in [2.45, 2.75) is 13.0 Å². The summed E-state index contributed by atoms with van der Waals surface area (Å²) in [4.78, 5) is 5.47. The second-order valence-corrected chi connectivity index (χ2v) is 5.89. The van der Waals surface area contributed by atoms with Crippen molar-refractivity contribution in [2.75, 3.05) is 6.61 Å². The summed E-state index contributed by atoms with van der Waals surface area (Å²) in [5.74, 6) is 0.184. The Morgan fingerprint density at radius 2 is 2.00 bits per heavy atom. The molecule has 4 rings (SSSR count). The van der Waals surface area contributed by atoms with Gasteiger partial charge in [0, 0.05) is 30.1 Å². The molecule has 3 heterocycles. The molecule has 0 unspecified atom stereocenters. The normalized spacial score (nSPS) is 10.9. The van der Waals surface area contributed by atoms with Crippen molar-refractivity contribution in [1.29, 1.82) is 0 Å². The van der Waals surface area contributed by atoms with E-state index < -0.39 is 5.82 Å². The van der Waals surface area contributed by atoms with E-state index in [1.807, 2.05) is 0 Å². The number of halogens is 1. The molecule has 2 N–H and O–H groups in total. The molecule has 0 saturated heterocycles. The van der Waals surface area contributed by atoms with Gasteiger partial charge in [0.05, 0.1) is 12.2 Å². The Kier molecular flexibility index (Phi) is 5.02. The molecule has 4 aromatic rings. The average molecular weight is 381 g/mol. The summed E-state index contributed by atoms with van der Waals surface area (Å²) in [5, 5.41) is 27.6. The Balaban J connectivity index is 1.46. The van der Waals surface area contributed by atoms with E-state index in [1.165, 1.54) is 17.1 Å². The van der Waals surface area contributed by atoms with Crippen LogP contribution in [0.5, 0.6) is 11.6 Å². The number of H-pyrrole nitrogens is 1. The lowest BCUT2D eigenvalue weighted by molar-refractivity contribution is 0.272. The molecular formula is C18H16FN7O2. The number of nitrogens with zero attached hydrogens (tertiary/aromatic N) is 6. The highest BCUT2D eigenvalue weighted by Gasteiger charge is 2.11. The van der Waals surface area contributed by atoms with Gasteiger partial charge in [-0.05, 0) is 48.0 Å². The summed E-state index contributed by atoms with van der Waals surface area (Å²) in [6.45, 7) is 0.556. The summed E-state index contributed by atoms with van der Waals surface area (Å²) in [7, 11) is 0. The first kappa shape index (κ1) is 17.7. The molecule has 3 aromatic heterocycles. The zero-order chi connectivity index (χ0) is 19.3. The maximum atomic E-state index is 14.3. The van der Waals surface area contributed by atoms with Crippen molar-refractivity contribution in [3.8, 4) is 34.3 Å². The van der Waals surface area contributed by atoms with Gasteiger partial charge in [-0.25, -0.2) is 9.37 Å².